The molecule has 0 aromatic carbocycles. The summed E-state index contributed by atoms with van der Waals surface area (Å²) in [6.45, 7) is 11.7. The Kier molecular flexibility index (Phi) is 9.66. The smallest absolute Gasteiger partial charge is 0.171 e. The van der Waals surface area contributed by atoms with Crippen molar-refractivity contribution >= 4 is 11.8 Å². The van der Waals surface area contributed by atoms with Gasteiger partial charge < -0.3 is 50.0 Å². The molecule has 11 nitrogen and oxygen atoms in total. The summed E-state index contributed by atoms with van der Waals surface area (Å²) in [4.78, 5) is 24.1. The van der Waals surface area contributed by atoms with E-state index in [1.165, 1.54) is 12.8 Å². The quantitative estimate of drug-likeness (QED) is 0.246. The molecule has 16 atom stereocenters. The van der Waals surface area contributed by atoms with Gasteiger partial charge in [0.05, 0.1) is 31.4 Å². The van der Waals surface area contributed by atoms with Crippen LogP contribution in [0.1, 0.15) is 92.4 Å². The molecule has 2 aliphatic heterocycles. The first-order valence-corrected chi connectivity index (χ1v) is 17.0. The maximum absolute atomic E-state index is 14.1. The van der Waals surface area contributed by atoms with Crippen molar-refractivity contribution in [2.45, 2.75) is 135 Å². The van der Waals surface area contributed by atoms with Gasteiger partial charge in [0.1, 0.15) is 30.2 Å². The first-order valence-electron chi connectivity index (χ1n) is 17.0. The third-order valence-electron chi connectivity index (χ3n) is 14.0. The molecule has 2 saturated heterocycles. The van der Waals surface area contributed by atoms with E-state index in [-0.39, 0.29) is 34.4 Å². The van der Waals surface area contributed by atoms with E-state index in [9.17, 15) is 19.8 Å². The number of aliphatic hydroxyl groups excluding tert-OH is 6. The van der Waals surface area contributed by atoms with Gasteiger partial charge in [0.15, 0.2) is 5.79 Å². The van der Waals surface area contributed by atoms with Gasteiger partial charge in [-0.3, -0.25) is 4.79 Å². The highest BCUT2D eigenvalue weighted by atomic mass is 16.7. The molecule has 4 aliphatic carbocycles. The highest BCUT2D eigenvalue weighted by Gasteiger charge is 2.72. The van der Waals surface area contributed by atoms with Crippen molar-refractivity contribution in [1.82, 2.24) is 0 Å². The van der Waals surface area contributed by atoms with Gasteiger partial charge in [-0.15, -0.1) is 0 Å². The van der Waals surface area contributed by atoms with E-state index in [2.05, 4.69) is 34.6 Å². The largest absolute Gasteiger partial charge is 0.547 e. The van der Waals surface area contributed by atoms with Crippen molar-refractivity contribution in [3.63, 3.8) is 0 Å². The zero-order chi connectivity index (χ0) is 33.3. The van der Waals surface area contributed by atoms with Gasteiger partial charge in [0.25, 0.3) is 0 Å². The second-order valence-corrected chi connectivity index (χ2v) is 16.2. The topological polar surface area (TPSA) is 197 Å². The predicted octanol–water partition coefficient (Wildman–Crippen LogP) is 0.535. The lowest BCUT2D eigenvalue weighted by atomic mass is 9.40. The lowest BCUT2D eigenvalue weighted by molar-refractivity contribution is -0.320. The lowest BCUT2D eigenvalue weighted by Gasteiger charge is -2.64. The number of aliphatic hydroxyl groups is 6. The van der Waals surface area contributed by atoms with Crippen LogP contribution in [0, 0.1) is 51.8 Å². The van der Waals surface area contributed by atoms with Crippen molar-refractivity contribution in [2.24, 2.45) is 51.8 Å². The predicted molar refractivity (Wildman–Crippen MR) is 159 cm³/mol. The number of carboxylic acid groups (broad SMARTS) is 1. The number of Topliss-reactive ketones (excluding diaryl/α,β-unsaturated/α-hetero) is 1. The van der Waals surface area contributed by atoms with Gasteiger partial charge in [-0.1, -0.05) is 34.6 Å². The molecule has 1 spiro atoms. The normalized spacial score (nSPS) is 49.8. The summed E-state index contributed by atoms with van der Waals surface area (Å²) in [5, 5.41) is 63.9. The van der Waals surface area contributed by atoms with Crippen molar-refractivity contribution in [2.75, 3.05) is 13.2 Å². The molecule has 0 amide bonds. The highest BCUT2D eigenvalue weighted by Crippen LogP contribution is 2.72. The first-order chi connectivity index (χ1) is 21.0. The zero-order valence-electron chi connectivity index (χ0n) is 27.4. The Morgan fingerprint density at radius 2 is 1.69 bits per heavy atom. The number of hydrogen-bond donors (Lipinski definition) is 6. The van der Waals surface area contributed by atoms with Crippen molar-refractivity contribution in [1.29, 1.82) is 0 Å². The molecule has 45 heavy (non-hydrogen) atoms. The first kappa shape index (κ1) is 35.1. The fourth-order valence-corrected chi connectivity index (χ4v) is 11.0. The van der Waals surface area contributed by atoms with Crippen LogP contribution in [0.25, 0.3) is 0 Å². The summed E-state index contributed by atoms with van der Waals surface area (Å²) >= 11 is 0. The molecular formula is C34H55O11-. The summed E-state index contributed by atoms with van der Waals surface area (Å²) in [6.07, 6.45) is 1.12. The number of ketones is 1. The number of carbonyl (C=O) groups is 2. The summed E-state index contributed by atoms with van der Waals surface area (Å²) in [6, 6.07) is 0. The van der Waals surface area contributed by atoms with Gasteiger partial charge in [-0.25, -0.2) is 0 Å². The average molecular weight is 640 g/mol. The molecule has 4 saturated carbocycles. The molecule has 6 rings (SSSR count). The monoisotopic (exact) mass is 639 g/mol. The van der Waals surface area contributed by atoms with E-state index in [0.29, 0.717) is 35.4 Å². The molecule has 0 aromatic heterocycles. The fraction of sp³-hybridized carbons (Fsp3) is 0.941. The molecule has 0 unspecified atom stereocenters. The number of rotatable bonds is 5. The van der Waals surface area contributed by atoms with Crippen LogP contribution in [0.4, 0.5) is 0 Å². The van der Waals surface area contributed by atoms with Crippen LogP contribution in [-0.4, -0.2) is 98.0 Å². The minimum absolute atomic E-state index is 0.162. The average Bonchev–Trinajstić information content (AvgIpc) is 3.45. The molecule has 6 fully saturated rings. The number of ether oxygens (including phenoxy) is 2. The maximum atomic E-state index is 14.1. The molecule has 6 N–H and O–H groups in total. The van der Waals surface area contributed by atoms with Crippen LogP contribution in [0.5, 0.6) is 0 Å². The minimum atomic E-state index is -2.31. The van der Waals surface area contributed by atoms with Crippen LogP contribution in [0.2, 0.25) is 0 Å². The van der Waals surface area contributed by atoms with E-state index in [1.807, 2.05) is 0 Å². The fourth-order valence-electron chi connectivity index (χ4n) is 11.0. The summed E-state index contributed by atoms with van der Waals surface area (Å²) < 4.78 is 13.2. The van der Waals surface area contributed by atoms with Crippen molar-refractivity contribution in [3.8, 4) is 0 Å². The van der Waals surface area contributed by atoms with Crippen molar-refractivity contribution < 1.29 is 54.8 Å². The Labute approximate surface area is 266 Å². The van der Waals surface area contributed by atoms with Crippen LogP contribution in [-0.2, 0) is 19.1 Å². The molecule has 2 heterocycles. The third kappa shape index (κ3) is 5.51. The van der Waals surface area contributed by atoms with Crippen LogP contribution in [0.3, 0.4) is 0 Å². The van der Waals surface area contributed by atoms with Gasteiger partial charge in [0, 0.05) is 30.1 Å². The van der Waals surface area contributed by atoms with Gasteiger partial charge in [0.2, 0.25) is 0 Å². The molecule has 6 aliphatic rings. The Hall–Kier alpha value is -1.18. The van der Waals surface area contributed by atoms with E-state index >= 15 is 0 Å². The van der Waals surface area contributed by atoms with Crippen LogP contribution in [0.15, 0.2) is 0 Å². The maximum Gasteiger partial charge on any atom is 0.171 e. The van der Waals surface area contributed by atoms with E-state index < -0.39 is 42.8 Å². The standard InChI is InChI=1S/C28H44O4.C6H12O7/c1-16-6-11-28(31-15-16)17(2)24-22(32-28)12-21-19-8-9-25(3)14-18(29)7-10-26(25,4)20(19)13-23(30)27(21,24)5;7-1-2(8)3(9)4(10)5(11)6(12)13/h16-22,24,29H,6-15H2,1-5H3;2-5,7-11H,1H2,(H,12,13)/p-1/t16-,17+,18+,19-,20+,21+,22+,24+,25+,26-,27-,28-;2-,3-,4+,5-/m11/s1. The zero-order valence-corrected chi connectivity index (χ0v) is 27.4. The number of fused-ring (bicyclic) bond motifs is 7. The van der Waals surface area contributed by atoms with E-state index in [4.69, 9.17) is 35.0 Å². The second kappa shape index (κ2) is 12.4. The molecule has 11 heteroatoms. The van der Waals surface area contributed by atoms with Crippen LogP contribution < -0.4 is 5.11 Å². The lowest BCUT2D eigenvalue weighted by Crippen LogP contribution is -2.61. The van der Waals surface area contributed by atoms with Gasteiger partial charge in [-0.05, 0) is 79.4 Å². The van der Waals surface area contributed by atoms with Crippen LogP contribution >= 0.6 is 0 Å². The molecular weight excluding hydrogens is 584 g/mol. The number of carboxylic acids is 1. The number of hydrogen-bond acceptors (Lipinski definition) is 11. The molecule has 258 valence electrons. The molecule has 0 radical (unpaired) electrons. The SMILES string of the molecule is C[C@@H]1CC[C@@]2(OC1)O[C@H]1C[C@H]3[C@@H]4CC[C@@]5(C)C[C@@H](O)CC[C@]5(C)[C@H]4CC(=O)[C@]3(C)[C@H]1[C@@H]2C.O=C([O-])[C@H](O)[C@@H](O)[C@H](O)[C@H](O)CO. The van der Waals surface area contributed by atoms with E-state index in [1.54, 1.807) is 0 Å². The second-order valence-electron chi connectivity index (χ2n) is 16.2. The summed E-state index contributed by atoms with van der Waals surface area (Å²) in [7, 11) is 0. The number of carbonyl (C=O) groups excluding carboxylic acids is 2. The van der Waals surface area contributed by atoms with Crippen molar-refractivity contribution in [3.05, 3.63) is 0 Å². The van der Waals surface area contributed by atoms with Gasteiger partial charge >= 0.3 is 0 Å². The summed E-state index contributed by atoms with van der Waals surface area (Å²) in [5.41, 5.74) is 0.0639. The Morgan fingerprint density at radius 3 is 2.29 bits per heavy atom. The molecule has 0 bridgehead atoms. The molecule has 0 aromatic rings. The van der Waals surface area contributed by atoms with Gasteiger partial charge in [-0.2, -0.15) is 0 Å². The highest BCUT2D eigenvalue weighted by molar-refractivity contribution is 5.87. The summed E-state index contributed by atoms with van der Waals surface area (Å²) in [5.74, 6) is 0.784. The Balaban J connectivity index is 0.000000263. The minimum Gasteiger partial charge on any atom is -0.547 e. The van der Waals surface area contributed by atoms with E-state index in [0.717, 1.165) is 51.6 Å². The number of aliphatic carboxylic acids is 1. The third-order valence-corrected chi connectivity index (χ3v) is 14.0. The Morgan fingerprint density at radius 1 is 1.00 bits per heavy atom. The Bertz CT molecular complexity index is 1110.